The molecule has 0 aromatic carbocycles. The van der Waals surface area contributed by atoms with E-state index in [1.54, 1.807) is 6.08 Å². The van der Waals surface area contributed by atoms with Gasteiger partial charge in [0.25, 0.3) is 0 Å². The van der Waals surface area contributed by atoms with E-state index in [-0.39, 0.29) is 0 Å². The quantitative estimate of drug-likeness (QED) is 0.263. The molecule has 0 aromatic heterocycles. The Bertz CT molecular complexity index is 482. The molecule has 0 bridgehead atoms. The molecule has 0 aliphatic carbocycles. The van der Waals surface area contributed by atoms with Crippen LogP contribution in [0.3, 0.4) is 0 Å². The zero-order valence-corrected chi connectivity index (χ0v) is 13.2. The Kier molecular flexibility index (Phi) is 11.5. The minimum atomic E-state index is -0.793. The summed E-state index contributed by atoms with van der Waals surface area (Å²) in [4.78, 5) is 3.60. The van der Waals surface area contributed by atoms with Crippen molar-refractivity contribution in [3.05, 3.63) is 48.2 Å². The average Bonchev–Trinajstić information content (AvgIpc) is 2.45. The highest BCUT2D eigenvalue weighted by Gasteiger charge is 2.07. The van der Waals surface area contributed by atoms with Crippen LogP contribution in [0, 0.1) is 17.2 Å². The number of hydrogen-bond donors (Lipinski definition) is 0. The Morgan fingerprint density at radius 3 is 2.64 bits per heavy atom. The van der Waals surface area contributed by atoms with Crippen molar-refractivity contribution in [2.24, 2.45) is 10.9 Å². The summed E-state index contributed by atoms with van der Waals surface area (Å²) < 4.78 is 25.6. The lowest BCUT2D eigenvalue weighted by Crippen LogP contribution is -1.99. The predicted octanol–water partition coefficient (Wildman–Crippen LogP) is 5.96. The molecule has 1 unspecified atom stereocenters. The second kappa shape index (κ2) is 12.7. The summed E-state index contributed by atoms with van der Waals surface area (Å²) in [5.74, 6) is -0.993. The van der Waals surface area contributed by atoms with Gasteiger partial charge in [-0.3, -0.25) is 4.99 Å². The maximum atomic E-state index is 13.2. The number of aliphatic imine (C=N–C) groups is 1. The van der Waals surface area contributed by atoms with Gasteiger partial charge in [0.2, 0.25) is 0 Å². The normalized spacial score (nSPS) is 13.9. The fourth-order valence-corrected chi connectivity index (χ4v) is 2.20. The molecule has 1 atom stereocenters. The van der Waals surface area contributed by atoms with E-state index in [0.29, 0.717) is 17.9 Å². The van der Waals surface area contributed by atoms with Crippen LogP contribution in [0.1, 0.15) is 45.4 Å². The standard InChI is InChI=1S/C18H24F2N2/c1-4-7-16(8-5-10-17(13-21)14-22-3)9-6-11-18(20)12-15(2)19/h6,11-12,14,16H,2-5,7-10H2,1H3/b11-6-,17-14+,18-12+. The van der Waals surface area contributed by atoms with Gasteiger partial charge in [0.1, 0.15) is 11.7 Å². The SMILES string of the molecule is C=N/C=C(/C#N)CCCC(C/C=C\C(F)=C/C(=C)F)CCC. The lowest BCUT2D eigenvalue weighted by atomic mass is 9.92. The first-order valence-electron chi connectivity index (χ1n) is 7.46. The minimum Gasteiger partial charge on any atom is -0.271 e. The van der Waals surface area contributed by atoms with E-state index in [0.717, 1.165) is 38.2 Å². The van der Waals surface area contributed by atoms with E-state index in [1.165, 1.54) is 12.3 Å². The molecule has 0 heterocycles. The maximum absolute atomic E-state index is 13.2. The van der Waals surface area contributed by atoms with E-state index in [2.05, 4.69) is 31.3 Å². The van der Waals surface area contributed by atoms with Crippen molar-refractivity contribution in [2.45, 2.75) is 45.4 Å². The summed E-state index contributed by atoms with van der Waals surface area (Å²) >= 11 is 0. The molecule has 2 nitrogen and oxygen atoms in total. The summed E-state index contributed by atoms with van der Waals surface area (Å²) in [5, 5.41) is 8.90. The Morgan fingerprint density at radius 2 is 2.09 bits per heavy atom. The molecular formula is C18H24F2N2. The first-order chi connectivity index (χ1) is 10.5. The number of nitriles is 1. The van der Waals surface area contributed by atoms with Crippen molar-refractivity contribution in [3.8, 4) is 6.07 Å². The van der Waals surface area contributed by atoms with Crippen LogP contribution in [0.15, 0.2) is 53.2 Å². The molecule has 22 heavy (non-hydrogen) atoms. The van der Waals surface area contributed by atoms with Gasteiger partial charge in [-0.05, 0) is 44.4 Å². The largest absolute Gasteiger partial charge is 0.271 e. The minimum absolute atomic E-state index is 0.430. The topological polar surface area (TPSA) is 36.1 Å². The van der Waals surface area contributed by atoms with Crippen molar-refractivity contribution >= 4 is 6.72 Å². The van der Waals surface area contributed by atoms with Crippen molar-refractivity contribution in [3.63, 3.8) is 0 Å². The molecule has 0 fully saturated rings. The van der Waals surface area contributed by atoms with Gasteiger partial charge in [-0.15, -0.1) is 0 Å². The van der Waals surface area contributed by atoms with Crippen LogP contribution in [0.5, 0.6) is 0 Å². The van der Waals surface area contributed by atoms with E-state index in [9.17, 15) is 8.78 Å². The van der Waals surface area contributed by atoms with E-state index in [1.807, 2.05) is 0 Å². The molecule has 0 spiro atoms. The average molecular weight is 306 g/mol. The smallest absolute Gasteiger partial charge is 0.125 e. The molecule has 0 aliphatic heterocycles. The zero-order valence-electron chi connectivity index (χ0n) is 13.2. The van der Waals surface area contributed by atoms with E-state index in [4.69, 9.17) is 5.26 Å². The summed E-state index contributed by atoms with van der Waals surface area (Å²) in [6.45, 7) is 8.43. The third-order valence-corrected chi connectivity index (χ3v) is 3.19. The predicted molar refractivity (Wildman–Crippen MR) is 88.7 cm³/mol. The van der Waals surface area contributed by atoms with Crippen molar-refractivity contribution in [2.75, 3.05) is 0 Å². The summed E-state index contributed by atoms with van der Waals surface area (Å²) in [5.41, 5.74) is 0.622. The van der Waals surface area contributed by atoms with Crippen LogP contribution in [0.4, 0.5) is 8.78 Å². The van der Waals surface area contributed by atoms with Crippen LogP contribution < -0.4 is 0 Å². The summed E-state index contributed by atoms with van der Waals surface area (Å²) in [7, 11) is 0. The lowest BCUT2D eigenvalue weighted by molar-refractivity contribution is 0.436. The molecule has 0 saturated heterocycles. The second-order valence-corrected chi connectivity index (χ2v) is 5.11. The number of rotatable bonds is 11. The van der Waals surface area contributed by atoms with E-state index >= 15 is 0 Å². The Hall–Kier alpha value is -2.02. The Morgan fingerprint density at radius 1 is 1.36 bits per heavy atom. The highest BCUT2D eigenvalue weighted by Crippen LogP contribution is 2.21. The zero-order chi connectivity index (χ0) is 16.8. The van der Waals surface area contributed by atoms with Crippen LogP contribution >= 0.6 is 0 Å². The first-order valence-corrected chi connectivity index (χ1v) is 7.46. The van der Waals surface area contributed by atoms with Crippen LogP contribution in [0.25, 0.3) is 0 Å². The molecule has 0 aromatic rings. The van der Waals surface area contributed by atoms with Gasteiger partial charge in [0.05, 0.1) is 6.07 Å². The van der Waals surface area contributed by atoms with Crippen molar-refractivity contribution in [1.82, 2.24) is 0 Å². The number of allylic oxidation sites excluding steroid dienone is 6. The van der Waals surface area contributed by atoms with Gasteiger partial charge in [0, 0.05) is 17.8 Å². The number of hydrogen-bond acceptors (Lipinski definition) is 2. The van der Waals surface area contributed by atoms with Gasteiger partial charge in [-0.2, -0.15) is 5.26 Å². The number of halogens is 2. The lowest BCUT2D eigenvalue weighted by Gasteiger charge is -2.13. The van der Waals surface area contributed by atoms with Crippen LogP contribution in [0.2, 0.25) is 0 Å². The molecule has 4 heteroatoms. The monoisotopic (exact) mass is 306 g/mol. The third-order valence-electron chi connectivity index (χ3n) is 3.19. The molecule has 120 valence electrons. The fourth-order valence-electron chi connectivity index (χ4n) is 2.20. The first kappa shape index (κ1) is 20.0. The van der Waals surface area contributed by atoms with Crippen LogP contribution in [-0.2, 0) is 0 Å². The number of nitrogens with zero attached hydrogens (tertiary/aromatic N) is 2. The molecule has 0 N–H and O–H groups in total. The van der Waals surface area contributed by atoms with E-state index < -0.39 is 11.7 Å². The summed E-state index contributed by atoms with van der Waals surface area (Å²) in [6.07, 6.45) is 10.6. The third kappa shape index (κ3) is 10.7. The Labute approximate surface area is 132 Å². The van der Waals surface area contributed by atoms with Gasteiger partial charge >= 0.3 is 0 Å². The highest BCUT2D eigenvalue weighted by atomic mass is 19.1. The molecule has 0 radical (unpaired) electrons. The Balaban J connectivity index is 4.35. The van der Waals surface area contributed by atoms with Gasteiger partial charge in [0.15, 0.2) is 0 Å². The molecule has 0 amide bonds. The van der Waals surface area contributed by atoms with Crippen molar-refractivity contribution < 1.29 is 8.78 Å². The molecular weight excluding hydrogens is 282 g/mol. The molecule has 0 aliphatic rings. The highest BCUT2D eigenvalue weighted by molar-refractivity contribution is 5.29. The van der Waals surface area contributed by atoms with Gasteiger partial charge < -0.3 is 0 Å². The molecule has 0 rings (SSSR count). The fraction of sp³-hybridized carbons (Fsp3) is 0.444. The van der Waals surface area contributed by atoms with Crippen molar-refractivity contribution in [1.29, 1.82) is 5.26 Å². The van der Waals surface area contributed by atoms with Gasteiger partial charge in [-0.1, -0.05) is 32.4 Å². The van der Waals surface area contributed by atoms with Gasteiger partial charge in [-0.25, -0.2) is 8.78 Å². The molecule has 0 saturated carbocycles. The second-order valence-electron chi connectivity index (χ2n) is 5.11. The summed E-state index contributed by atoms with van der Waals surface area (Å²) in [6, 6.07) is 2.10. The maximum Gasteiger partial charge on any atom is 0.125 e. The van der Waals surface area contributed by atoms with Crippen LogP contribution in [-0.4, -0.2) is 6.72 Å².